The monoisotopic (exact) mass is 198 g/mol. The first kappa shape index (κ1) is 10.6. The van der Waals surface area contributed by atoms with E-state index in [1.54, 1.807) is 16.8 Å². The Morgan fingerprint density at radius 3 is 2.93 bits per heavy atom. The van der Waals surface area contributed by atoms with Gasteiger partial charge >= 0.3 is 5.97 Å². The van der Waals surface area contributed by atoms with Crippen LogP contribution in [0, 0.1) is 0 Å². The van der Waals surface area contributed by atoms with Gasteiger partial charge < -0.3 is 19.8 Å². The minimum absolute atomic E-state index is 0.0480. The molecule has 5 heteroatoms. The van der Waals surface area contributed by atoms with Gasteiger partial charge in [0.2, 0.25) is 0 Å². The highest BCUT2D eigenvalue weighted by Crippen LogP contribution is 2.11. The number of carbonyl (C=O) groups is 1. The lowest BCUT2D eigenvalue weighted by molar-refractivity contribution is -0.0133. The average Bonchev–Trinajstić information content (AvgIpc) is 2.56. The molecule has 0 spiro atoms. The molecule has 0 amide bonds. The van der Waals surface area contributed by atoms with Gasteiger partial charge in [0.15, 0.2) is 6.79 Å². The summed E-state index contributed by atoms with van der Waals surface area (Å²) < 4.78 is 11.2. The molecule has 0 bridgehead atoms. The number of aryl methyl sites for hydroxylation is 1. The SMILES string of the molecule is CCn1cc(N)cc1C(=O)OCOC. The minimum atomic E-state index is -0.426. The van der Waals surface area contributed by atoms with Crippen LogP contribution in [0.15, 0.2) is 12.3 Å². The van der Waals surface area contributed by atoms with Crippen LogP contribution < -0.4 is 5.73 Å². The molecule has 0 aliphatic carbocycles. The molecule has 0 unspecified atom stereocenters. The van der Waals surface area contributed by atoms with E-state index in [0.29, 0.717) is 17.9 Å². The fourth-order valence-corrected chi connectivity index (χ4v) is 1.15. The van der Waals surface area contributed by atoms with Crippen molar-refractivity contribution in [2.24, 2.45) is 0 Å². The number of hydrogen-bond donors (Lipinski definition) is 1. The number of nitrogens with two attached hydrogens (primary N) is 1. The van der Waals surface area contributed by atoms with E-state index in [0.717, 1.165) is 0 Å². The Morgan fingerprint density at radius 2 is 2.36 bits per heavy atom. The molecule has 1 heterocycles. The summed E-state index contributed by atoms with van der Waals surface area (Å²) in [5.41, 5.74) is 6.56. The quantitative estimate of drug-likeness (QED) is 0.575. The molecular formula is C9H14N2O3. The topological polar surface area (TPSA) is 66.5 Å². The molecule has 78 valence electrons. The number of hydrogen-bond acceptors (Lipinski definition) is 4. The predicted molar refractivity (Wildman–Crippen MR) is 51.8 cm³/mol. The molecule has 0 saturated heterocycles. The van der Waals surface area contributed by atoms with Gasteiger partial charge in [-0.15, -0.1) is 0 Å². The first-order chi connectivity index (χ1) is 6.69. The Hall–Kier alpha value is -1.49. The smallest absolute Gasteiger partial charge is 0.357 e. The van der Waals surface area contributed by atoms with Gasteiger partial charge in [0.1, 0.15) is 5.69 Å². The Kier molecular flexibility index (Phi) is 3.53. The van der Waals surface area contributed by atoms with E-state index in [2.05, 4.69) is 4.74 Å². The number of nitrogen functional groups attached to an aromatic ring is 1. The van der Waals surface area contributed by atoms with Crippen molar-refractivity contribution >= 4 is 11.7 Å². The molecule has 0 aliphatic rings. The number of anilines is 1. The second kappa shape index (κ2) is 4.66. The van der Waals surface area contributed by atoms with Gasteiger partial charge in [-0.3, -0.25) is 0 Å². The first-order valence-electron chi connectivity index (χ1n) is 4.30. The molecule has 0 saturated carbocycles. The standard InChI is InChI=1S/C9H14N2O3/c1-3-11-5-7(10)4-8(11)9(12)14-6-13-2/h4-5H,3,6,10H2,1-2H3. The second-order valence-electron chi connectivity index (χ2n) is 2.78. The zero-order chi connectivity index (χ0) is 10.6. The van der Waals surface area contributed by atoms with Gasteiger partial charge in [0, 0.05) is 19.9 Å². The number of rotatable bonds is 4. The third kappa shape index (κ3) is 2.26. The highest BCUT2D eigenvalue weighted by atomic mass is 16.7. The maximum absolute atomic E-state index is 11.4. The summed E-state index contributed by atoms with van der Waals surface area (Å²) in [5.74, 6) is -0.426. The van der Waals surface area contributed by atoms with Crippen molar-refractivity contribution < 1.29 is 14.3 Å². The van der Waals surface area contributed by atoms with Gasteiger partial charge in [-0.1, -0.05) is 0 Å². The number of ether oxygens (including phenoxy) is 2. The van der Waals surface area contributed by atoms with Gasteiger partial charge in [0.25, 0.3) is 0 Å². The molecular weight excluding hydrogens is 184 g/mol. The molecule has 14 heavy (non-hydrogen) atoms. The van der Waals surface area contributed by atoms with Crippen molar-refractivity contribution in [2.75, 3.05) is 19.6 Å². The lowest BCUT2D eigenvalue weighted by atomic mass is 10.4. The molecule has 1 aromatic heterocycles. The van der Waals surface area contributed by atoms with Crippen molar-refractivity contribution in [3.63, 3.8) is 0 Å². The van der Waals surface area contributed by atoms with Crippen molar-refractivity contribution in [2.45, 2.75) is 13.5 Å². The third-order valence-electron chi connectivity index (χ3n) is 1.78. The van der Waals surface area contributed by atoms with Gasteiger partial charge in [-0.05, 0) is 13.0 Å². The first-order valence-corrected chi connectivity index (χ1v) is 4.30. The second-order valence-corrected chi connectivity index (χ2v) is 2.78. The highest BCUT2D eigenvalue weighted by molar-refractivity contribution is 5.89. The van der Waals surface area contributed by atoms with E-state index in [9.17, 15) is 4.79 Å². The van der Waals surface area contributed by atoms with Gasteiger partial charge in [-0.25, -0.2) is 4.79 Å². The lowest BCUT2D eigenvalue weighted by Crippen LogP contribution is -2.12. The third-order valence-corrected chi connectivity index (χ3v) is 1.78. The van der Waals surface area contributed by atoms with Crippen LogP contribution >= 0.6 is 0 Å². The Balaban J connectivity index is 2.77. The molecule has 0 atom stereocenters. The van der Waals surface area contributed by atoms with Crippen molar-refractivity contribution in [3.05, 3.63) is 18.0 Å². The van der Waals surface area contributed by atoms with Gasteiger partial charge in [-0.2, -0.15) is 0 Å². The number of carbonyl (C=O) groups excluding carboxylic acids is 1. The molecule has 0 fully saturated rings. The molecule has 1 aromatic rings. The van der Waals surface area contributed by atoms with E-state index >= 15 is 0 Å². The zero-order valence-electron chi connectivity index (χ0n) is 8.32. The summed E-state index contributed by atoms with van der Waals surface area (Å²) in [4.78, 5) is 11.4. The summed E-state index contributed by atoms with van der Waals surface area (Å²) in [7, 11) is 1.46. The molecule has 2 N–H and O–H groups in total. The Morgan fingerprint density at radius 1 is 1.64 bits per heavy atom. The molecule has 1 rings (SSSR count). The van der Waals surface area contributed by atoms with E-state index in [4.69, 9.17) is 10.5 Å². The van der Waals surface area contributed by atoms with Crippen LogP contribution in [0.2, 0.25) is 0 Å². The summed E-state index contributed by atoms with van der Waals surface area (Å²) in [5, 5.41) is 0. The number of methoxy groups -OCH3 is 1. The van der Waals surface area contributed by atoms with Crippen LogP contribution in [0.5, 0.6) is 0 Å². The average molecular weight is 198 g/mol. The zero-order valence-corrected chi connectivity index (χ0v) is 8.32. The summed E-state index contributed by atoms with van der Waals surface area (Å²) in [6.07, 6.45) is 1.70. The fourth-order valence-electron chi connectivity index (χ4n) is 1.15. The molecule has 0 radical (unpaired) electrons. The summed E-state index contributed by atoms with van der Waals surface area (Å²) in [6.45, 7) is 2.55. The predicted octanol–water partition coefficient (Wildman–Crippen LogP) is 0.851. The number of aromatic nitrogens is 1. The molecule has 0 aliphatic heterocycles. The maximum atomic E-state index is 11.4. The van der Waals surface area contributed by atoms with Crippen molar-refractivity contribution in [1.82, 2.24) is 4.57 Å². The maximum Gasteiger partial charge on any atom is 0.357 e. The Labute approximate surface area is 82.4 Å². The van der Waals surface area contributed by atoms with Crippen LogP contribution in [-0.2, 0) is 16.0 Å². The van der Waals surface area contributed by atoms with Crippen molar-refractivity contribution in [1.29, 1.82) is 0 Å². The van der Waals surface area contributed by atoms with Gasteiger partial charge in [0.05, 0.1) is 5.69 Å². The van der Waals surface area contributed by atoms with E-state index in [1.807, 2.05) is 6.92 Å². The van der Waals surface area contributed by atoms with E-state index < -0.39 is 5.97 Å². The number of nitrogens with zero attached hydrogens (tertiary/aromatic N) is 1. The summed E-state index contributed by atoms with van der Waals surface area (Å²) in [6, 6.07) is 1.58. The minimum Gasteiger partial charge on any atom is -0.434 e. The normalized spacial score (nSPS) is 10.1. The highest BCUT2D eigenvalue weighted by Gasteiger charge is 2.12. The summed E-state index contributed by atoms with van der Waals surface area (Å²) >= 11 is 0. The van der Waals surface area contributed by atoms with Crippen LogP contribution in [-0.4, -0.2) is 24.4 Å². The number of esters is 1. The van der Waals surface area contributed by atoms with Crippen molar-refractivity contribution in [3.8, 4) is 0 Å². The van der Waals surface area contributed by atoms with Crippen LogP contribution in [0.1, 0.15) is 17.4 Å². The largest absolute Gasteiger partial charge is 0.434 e. The van der Waals surface area contributed by atoms with Crippen LogP contribution in [0.25, 0.3) is 0 Å². The lowest BCUT2D eigenvalue weighted by Gasteiger charge is -2.05. The van der Waals surface area contributed by atoms with Crippen LogP contribution in [0.4, 0.5) is 5.69 Å². The van der Waals surface area contributed by atoms with E-state index in [-0.39, 0.29) is 6.79 Å². The van der Waals surface area contributed by atoms with E-state index in [1.165, 1.54) is 7.11 Å². The fraction of sp³-hybridized carbons (Fsp3) is 0.444. The molecule has 0 aromatic carbocycles. The Bertz CT molecular complexity index is 320. The molecule has 5 nitrogen and oxygen atoms in total. The van der Waals surface area contributed by atoms with Crippen LogP contribution in [0.3, 0.4) is 0 Å².